The fourth-order valence-corrected chi connectivity index (χ4v) is 4.92. The third kappa shape index (κ3) is 8.91. The Balaban J connectivity index is 1.19. The fourth-order valence-electron chi connectivity index (χ4n) is 4.92. The summed E-state index contributed by atoms with van der Waals surface area (Å²) in [5, 5.41) is 3.96. The number of rotatable bonds is 13. The zero-order chi connectivity index (χ0) is 28.9. The second kappa shape index (κ2) is 15.6. The minimum absolute atomic E-state index is 0.175. The van der Waals surface area contributed by atoms with E-state index in [0.717, 1.165) is 37.5 Å². The Morgan fingerprint density at radius 1 is 0.854 bits per heavy atom. The van der Waals surface area contributed by atoms with Crippen molar-refractivity contribution in [2.45, 2.75) is 32.7 Å². The molecule has 0 radical (unpaired) electrons. The van der Waals surface area contributed by atoms with Crippen LogP contribution < -0.4 is 4.74 Å². The zero-order valence-corrected chi connectivity index (χ0v) is 23.9. The van der Waals surface area contributed by atoms with Gasteiger partial charge in [0.15, 0.2) is 0 Å². The van der Waals surface area contributed by atoms with E-state index in [2.05, 4.69) is 58.6 Å². The standard InChI is InChI=1S/C33H39N3O5/c1-3-39-32(38)25-41-34-26(2)27-16-18-30(19-17-27)40-24-10-15-31(37)35-20-22-36(23-21-35)33(28-11-6-4-7-12-28)29-13-8-5-9-14-29/h4-9,11-14,16-19,33H,3,10,15,20-25H2,1-2H3. The zero-order valence-electron chi connectivity index (χ0n) is 23.9. The average molecular weight is 558 g/mol. The van der Waals surface area contributed by atoms with E-state index < -0.39 is 5.97 Å². The molecule has 8 nitrogen and oxygen atoms in total. The van der Waals surface area contributed by atoms with Gasteiger partial charge in [-0.25, -0.2) is 4.79 Å². The number of ether oxygens (including phenoxy) is 2. The number of amides is 1. The minimum atomic E-state index is -0.451. The van der Waals surface area contributed by atoms with Gasteiger partial charge in [-0.3, -0.25) is 9.69 Å². The van der Waals surface area contributed by atoms with Crippen LogP contribution in [0.1, 0.15) is 49.4 Å². The third-order valence-electron chi connectivity index (χ3n) is 7.03. The van der Waals surface area contributed by atoms with Crippen LogP contribution in [-0.2, 0) is 19.2 Å². The topological polar surface area (TPSA) is 80.7 Å². The summed E-state index contributed by atoms with van der Waals surface area (Å²) in [5.41, 5.74) is 4.05. The molecule has 0 aliphatic carbocycles. The molecule has 216 valence electrons. The highest BCUT2D eigenvalue weighted by Crippen LogP contribution is 2.29. The van der Waals surface area contributed by atoms with Gasteiger partial charge in [0.2, 0.25) is 12.5 Å². The number of nitrogens with zero attached hydrogens (tertiary/aromatic N) is 3. The van der Waals surface area contributed by atoms with Gasteiger partial charge in [0.25, 0.3) is 0 Å². The van der Waals surface area contributed by atoms with E-state index in [4.69, 9.17) is 14.3 Å². The highest BCUT2D eigenvalue weighted by molar-refractivity contribution is 5.98. The Hall–Kier alpha value is -4.17. The number of carbonyl (C=O) groups is 2. The molecule has 1 amide bonds. The summed E-state index contributed by atoms with van der Waals surface area (Å²) in [6, 6.07) is 28.8. The normalized spacial score (nSPS) is 14.1. The molecule has 1 heterocycles. The van der Waals surface area contributed by atoms with Gasteiger partial charge in [0, 0.05) is 32.6 Å². The van der Waals surface area contributed by atoms with E-state index in [1.807, 2.05) is 41.3 Å². The van der Waals surface area contributed by atoms with Gasteiger partial charge in [-0.05, 0) is 61.2 Å². The van der Waals surface area contributed by atoms with Crippen LogP contribution in [0.15, 0.2) is 90.1 Å². The van der Waals surface area contributed by atoms with Crippen molar-refractivity contribution < 1.29 is 23.9 Å². The van der Waals surface area contributed by atoms with E-state index in [1.54, 1.807) is 13.8 Å². The average Bonchev–Trinajstić information content (AvgIpc) is 3.01. The quantitative estimate of drug-likeness (QED) is 0.126. The van der Waals surface area contributed by atoms with Crippen molar-refractivity contribution >= 4 is 17.6 Å². The molecule has 1 fully saturated rings. The molecule has 1 aliphatic rings. The molecule has 0 saturated carbocycles. The second-order valence-electron chi connectivity index (χ2n) is 9.87. The van der Waals surface area contributed by atoms with Crippen molar-refractivity contribution in [2.75, 3.05) is 46.0 Å². The lowest BCUT2D eigenvalue weighted by atomic mass is 9.96. The van der Waals surface area contributed by atoms with Crippen molar-refractivity contribution in [3.8, 4) is 5.75 Å². The van der Waals surface area contributed by atoms with Gasteiger partial charge >= 0.3 is 5.97 Å². The van der Waals surface area contributed by atoms with E-state index >= 15 is 0 Å². The molecule has 1 saturated heterocycles. The Morgan fingerprint density at radius 2 is 1.46 bits per heavy atom. The summed E-state index contributed by atoms with van der Waals surface area (Å²) in [7, 11) is 0. The number of carbonyl (C=O) groups excluding carboxylic acids is 2. The van der Waals surface area contributed by atoms with Crippen LogP contribution in [0, 0.1) is 0 Å². The molecule has 0 bridgehead atoms. The van der Waals surface area contributed by atoms with E-state index in [0.29, 0.717) is 31.8 Å². The van der Waals surface area contributed by atoms with Crippen LogP contribution in [0.4, 0.5) is 0 Å². The molecule has 41 heavy (non-hydrogen) atoms. The number of benzene rings is 3. The number of piperazine rings is 1. The molecule has 3 aromatic rings. The van der Waals surface area contributed by atoms with Gasteiger partial charge < -0.3 is 19.2 Å². The van der Waals surface area contributed by atoms with Crippen molar-refractivity contribution in [3.63, 3.8) is 0 Å². The van der Waals surface area contributed by atoms with Gasteiger partial charge in [-0.1, -0.05) is 65.8 Å². The van der Waals surface area contributed by atoms with Crippen molar-refractivity contribution in [1.82, 2.24) is 9.80 Å². The first-order valence-electron chi connectivity index (χ1n) is 14.2. The summed E-state index contributed by atoms with van der Waals surface area (Å²) in [6.45, 7) is 7.21. The highest BCUT2D eigenvalue weighted by Gasteiger charge is 2.27. The van der Waals surface area contributed by atoms with E-state index in [-0.39, 0.29) is 18.6 Å². The van der Waals surface area contributed by atoms with Crippen LogP contribution >= 0.6 is 0 Å². The molecule has 0 N–H and O–H groups in total. The van der Waals surface area contributed by atoms with Gasteiger partial charge in [0.1, 0.15) is 5.75 Å². The molecule has 3 aromatic carbocycles. The van der Waals surface area contributed by atoms with Crippen molar-refractivity contribution in [3.05, 3.63) is 102 Å². The van der Waals surface area contributed by atoms with Crippen LogP contribution in [0.5, 0.6) is 5.75 Å². The molecule has 0 spiro atoms. The number of oxime groups is 1. The maximum absolute atomic E-state index is 12.9. The van der Waals surface area contributed by atoms with Crippen LogP contribution in [-0.4, -0.2) is 73.4 Å². The van der Waals surface area contributed by atoms with Gasteiger partial charge in [0.05, 0.1) is 25.0 Å². The van der Waals surface area contributed by atoms with Crippen molar-refractivity contribution in [1.29, 1.82) is 0 Å². The maximum Gasteiger partial charge on any atom is 0.347 e. The molecule has 4 rings (SSSR count). The number of esters is 1. The predicted octanol–water partition coefficient (Wildman–Crippen LogP) is 5.08. The lowest BCUT2D eigenvalue weighted by Gasteiger charge is -2.40. The molecule has 1 aliphatic heterocycles. The lowest BCUT2D eigenvalue weighted by molar-refractivity contribution is -0.148. The molecule has 0 unspecified atom stereocenters. The summed E-state index contributed by atoms with van der Waals surface area (Å²) < 4.78 is 10.7. The first-order valence-corrected chi connectivity index (χ1v) is 14.2. The Labute approximate surface area is 242 Å². The molecule has 0 atom stereocenters. The summed E-state index contributed by atoms with van der Waals surface area (Å²) in [5.74, 6) is 0.449. The minimum Gasteiger partial charge on any atom is -0.494 e. The largest absolute Gasteiger partial charge is 0.494 e. The van der Waals surface area contributed by atoms with Crippen molar-refractivity contribution in [2.24, 2.45) is 5.16 Å². The van der Waals surface area contributed by atoms with Crippen LogP contribution in [0.3, 0.4) is 0 Å². The Bertz CT molecular complexity index is 1220. The van der Waals surface area contributed by atoms with Gasteiger partial charge in [-0.15, -0.1) is 0 Å². The summed E-state index contributed by atoms with van der Waals surface area (Å²) in [6.07, 6.45) is 1.11. The predicted molar refractivity (Wildman–Crippen MR) is 159 cm³/mol. The first kappa shape index (κ1) is 29.8. The smallest absolute Gasteiger partial charge is 0.347 e. The maximum atomic E-state index is 12.9. The van der Waals surface area contributed by atoms with Crippen LogP contribution in [0.2, 0.25) is 0 Å². The SMILES string of the molecule is CCOC(=O)CON=C(C)c1ccc(OCCCC(=O)N2CCN(C(c3ccccc3)c3ccccc3)CC2)cc1. The second-order valence-corrected chi connectivity index (χ2v) is 9.87. The summed E-state index contributed by atoms with van der Waals surface area (Å²) in [4.78, 5) is 33.7. The highest BCUT2D eigenvalue weighted by atomic mass is 16.7. The van der Waals surface area contributed by atoms with E-state index in [9.17, 15) is 9.59 Å². The lowest BCUT2D eigenvalue weighted by Crippen LogP contribution is -2.49. The van der Waals surface area contributed by atoms with E-state index in [1.165, 1.54) is 11.1 Å². The molecule has 0 aromatic heterocycles. The van der Waals surface area contributed by atoms with Gasteiger partial charge in [-0.2, -0.15) is 0 Å². The first-order chi connectivity index (χ1) is 20.0. The molecule has 8 heteroatoms. The molecular weight excluding hydrogens is 518 g/mol. The monoisotopic (exact) mass is 557 g/mol. The number of hydrogen-bond donors (Lipinski definition) is 0. The fraction of sp³-hybridized carbons (Fsp3) is 0.364. The third-order valence-corrected chi connectivity index (χ3v) is 7.03. The number of hydrogen-bond acceptors (Lipinski definition) is 7. The molecular formula is C33H39N3O5. The Kier molecular flexibility index (Phi) is 11.3. The summed E-state index contributed by atoms with van der Waals surface area (Å²) >= 11 is 0. The Morgan fingerprint density at radius 3 is 2.05 bits per heavy atom. The van der Waals surface area contributed by atoms with Crippen LogP contribution in [0.25, 0.3) is 0 Å².